The number of hydrogen-bond acceptors (Lipinski definition) is 2. The molecule has 10 heavy (non-hydrogen) atoms. The minimum atomic E-state index is 0. The number of nitrogens with zero attached hydrogens (tertiary/aromatic N) is 1. The zero-order valence-electron chi connectivity index (χ0n) is 4.87. The number of aromatic nitrogens is 2. The topological polar surface area (TPSA) is 52.5 Å². The fourth-order valence-corrected chi connectivity index (χ4v) is 0.512. The van der Waals surface area contributed by atoms with E-state index in [4.69, 9.17) is 5.41 Å². The largest absolute Gasteiger partial charge is 0.351 e. The highest BCUT2D eigenvalue weighted by atomic mass is 35.5. The molecule has 1 aromatic rings. The molecule has 58 valence electrons. The van der Waals surface area contributed by atoms with Gasteiger partial charge in [0, 0.05) is 6.20 Å². The zero-order chi connectivity index (χ0) is 5.98. The molecular weight excluding hydrogens is 193 g/mol. The Labute approximate surface area is 76.4 Å². The number of rotatable bonds is 1. The lowest BCUT2D eigenvalue weighted by Crippen LogP contribution is -1.85. The van der Waals surface area contributed by atoms with Gasteiger partial charge in [-0.1, -0.05) is 0 Å². The normalized spacial score (nSPS) is 7.30. The fourth-order valence-electron chi connectivity index (χ4n) is 0.390. The van der Waals surface area contributed by atoms with Crippen molar-refractivity contribution in [3.05, 3.63) is 18.2 Å². The molecule has 0 radical (unpaired) electrons. The van der Waals surface area contributed by atoms with Crippen LogP contribution in [0.5, 0.6) is 0 Å². The second kappa shape index (κ2) is 5.58. The summed E-state index contributed by atoms with van der Waals surface area (Å²) in [5.74, 6) is 0. The van der Waals surface area contributed by atoms with Gasteiger partial charge in [0.1, 0.15) is 10.7 Å². The van der Waals surface area contributed by atoms with E-state index < -0.39 is 0 Å². The molecule has 0 aliphatic heterocycles. The number of aromatic amines is 1. The molecule has 0 bridgehead atoms. The summed E-state index contributed by atoms with van der Waals surface area (Å²) in [5, 5.41) is 7.12. The summed E-state index contributed by atoms with van der Waals surface area (Å²) in [6.45, 7) is 0. The molecule has 1 aromatic heterocycles. The Hall–Kier alpha value is -0.190. The van der Waals surface area contributed by atoms with Gasteiger partial charge in [0.15, 0.2) is 0 Å². The summed E-state index contributed by atoms with van der Waals surface area (Å²) in [6, 6.07) is 0. The van der Waals surface area contributed by atoms with Crippen molar-refractivity contribution in [2.75, 3.05) is 0 Å². The van der Waals surface area contributed by atoms with E-state index in [1.165, 1.54) is 6.33 Å². The van der Waals surface area contributed by atoms with E-state index in [0.717, 1.165) is 0 Å². The summed E-state index contributed by atoms with van der Waals surface area (Å²) in [5.41, 5.74) is 0.577. The van der Waals surface area contributed by atoms with Gasteiger partial charge in [-0.05, 0) is 0 Å². The second-order valence-electron chi connectivity index (χ2n) is 1.30. The van der Waals surface area contributed by atoms with Crippen LogP contribution in [0.15, 0.2) is 12.5 Å². The van der Waals surface area contributed by atoms with E-state index in [1.54, 1.807) is 6.20 Å². The highest BCUT2D eigenvalue weighted by Crippen LogP contribution is 1.94. The van der Waals surface area contributed by atoms with Crippen molar-refractivity contribution in [2.24, 2.45) is 0 Å². The lowest BCUT2D eigenvalue weighted by atomic mass is 10.5. The van der Waals surface area contributed by atoms with Crippen LogP contribution in [0.3, 0.4) is 0 Å². The van der Waals surface area contributed by atoms with Gasteiger partial charge in [0.2, 0.25) is 0 Å². The van der Waals surface area contributed by atoms with Crippen LogP contribution in [0.2, 0.25) is 0 Å². The van der Waals surface area contributed by atoms with Gasteiger partial charge in [-0.3, -0.25) is 5.41 Å². The van der Waals surface area contributed by atoms with E-state index in [1.807, 2.05) is 0 Å². The van der Waals surface area contributed by atoms with Crippen LogP contribution >= 0.6 is 37.4 Å². The molecule has 0 aliphatic rings. The molecular formula is C4H7Cl2N3S. The summed E-state index contributed by atoms with van der Waals surface area (Å²) in [7, 11) is 0. The van der Waals surface area contributed by atoms with Crippen molar-refractivity contribution in [1.82, 2.24) is 9.97 Å². The quantitative estimate of drug-likeness (QED) is 0.359. The SMILES string of the molecule is Cl.Cl.N=C(S)c1c[nH]cn1. The van der Waals surface area contributed by atoms with E-state index in [0.29, 0.717) is 5.69 Å². The van der Waals surface area contributed by atoms with Gasteiger partial charge in [-0.15, -0.1) is 37.4 Å². The molecule has 0 amide bonds. The van der Waals surface area contributed by atoms with Crippen molar-refractivity contribution < 1.29 is 0 Å². The maximum absolute atomic E-state index is 6.93. The Kier molecular flexibility index (Phi) is 6.97. The Morgan fingerprint density at radius 1 is 1.60 bits per heavy atom. The van der Waals surface area contributed by atoms with E-state index >= 15 is 0 Å². The molecule has 2 N–H and O–H groups in total. The van der Waals surface area contributed by atoms with E-state index in [-0.39, 0.29) is 29.9 Å². The number of hydrogen-bond donors (Lipinski definition) is 3. The Morgan fingerprint density at radius 2 is 2.20 bits per heavy atom. The summed E-state index contributed by atoms with van der Waals surface area (Å²) < 4.78 is 0. The third-order valence-corrected chi connectivity index (χ3v) is 0.970. The van der Waals surface area contributed by atoms with Crippen LogP contribution in [-0.2, 0) is 0 Å². The number of halogens is 2. The van der Waals surface area contributed by atoms with Crippen LogP contribution in [0, 0.1) is 5.41 Å². The van der Waals surface area contributed by atoms with Gasteiger partial charge in [0.25, 0.3) is 0 Å². The van der Waals surface area contributed by atoms with Crippen molar-refractivity contribution in [2.45, 2.75) is 0 Å². The summed E-state index contributed by atoms with van der Waals surface area (Å²) in [4.78, 5) is 6.47. The van der Waals surface area contributed by atoms with Crippen molar-refractivity contribution in [1.29, 1.82) is 5.41 Å². The lowest BCUT2D eigenvalue weighted by molar-refractivity contribution is 1.30. The van der Waals surface area contributed by atoms with E-state index in [9.17, 15) is 0 Å². The zero-order valence-corrected chi connectivity index (χ0v) is 7.39. The number of H-pyrrole nitrogens is 1. The molecule has 6 heteroatoms. The predicted octanol–water partition coefficient (Wildman–Crippen LogP) is 1.51. The van der Waals surface area contributed by atoms with Gasteiger partial charge in [-0.25, -0.2) is 4.98 Å². The first kappa shape index (κ1) is 12.5. The average molecular weight is 200 g/mol. The molecule has 1 rings (SSSR count). The molecule has 0 aliphatic carbocycles. The molecule has 0 atom stereocenters. The molecule has 0 saturated heterocycles. The van der Waals surface area contributed by atoms with Crippen LogP contribution in [0.25, 0.3) is 0 Å². The minimum Gasteiger partial charge on any atom is -0.351 e. The van der Waals surface area contributed by atoms with Crippen LogP contribution in [0.4, 0.5) is 0 Å². The second-order valence-corrected chi connectivity index (χ2v) is 1.75. The van der Waals surface area contributed by atoms with Gasteiger partial charge >= 0.3 is 0 Å². The predicted molar refractivity (Wildman–Crippen MR) is 48.9 cm³/mol. The van der Waals surface area contributed by atoms with Gasteiger partial charge in [0.05, 0.1) is 6.33 Å². The maximum Gasteiger partial charge on any atom is 0.112 e. The molecule has 3 nitrogen and oxygen atoms in total. The first-order chi connectivity index (χ1) is 3.80. The molecule has 1 heterocycles. The summed E-state index contributed by atoms with van der Waals surface area (Å²) >= 11 is 3.75. The fraction of sp³-hybridized carbons (Fsp3) is 0. The monoisotopic (exact) mass is 199 g/mol. The number of imidazole rings is 1. The average Bonchev–Trinajstić information content (AvgIpc) is 2.12. The van der Waals surface area contributed by atoms with Crippen LogP contribution in [-0.4, -0.2) is 15.0 Å². The summed E-state index contributed by atoms with van der Waals surface area (Å²) in [6.07, 6.45) is 3.13. The molecule has 0 spiro atoms. The first-order valence-electron chi connectivity index (χ1n) is 2.07. The van der Waals surface area contributed by atoms with Crippen molar-refractivity contribution in [3.8, 4) is 0 Å². The standard InChI is InChI=1S/C4H5N3S.2ClH/c5-4(8)3-1-6-2-7-3;;/h1-2H,(H2,5,8)(H,6,7);2*1H. The molecule has 0 aromatic carbocycles. The lowest BCUT2D eigenvalue weighted by Gasteiger charge is -1.81. The smallest absolute Gasteiger partial charge is 0.112 e. The minimum absolute atomic E-state index is 0. The highest BCUT2D eigenvalue weighted by molar-refractivity contribution is 7.97. The Morgan fingerprint density at radius 3 is 2.40 bits per heavy atom. The van der Waals surface area contributed by atoms with Crippen molar-refractivity contribution >= 4 is 42.5 Å². The van der Waals surface area contributed by atoms with Crippen molar-refractivity contribution in [3.63, 3.8) is 0 Å². The van der Waals surface area contributed by atoms with Crippen LogP contribution in [0.1, 0.15) is 5.69 Å². The van der Waals surface area contributed by atoms with Crippen LogP contribution < -0.4 is 0 Å². The Bertz CT molecular complexity index is 186. The van der Waals surface area contributed by atoms with Gasteiger partial charge in [-0.2, -0.15) is 0 Å². The molecule has 0 fully saturated rings. The Balaban J connectivity index is 0. The number of nitrogens with one attached hydrogen (secondary N) is 2. The highest BCUT2D eigenvalue weighted by Gasteiger charge is 1.93. The molecule has 0 saturated carbocycles. The van der Waals surface area contributed by atoms with E-state index in [2.05, 4.69) is 22.6 Å². The molecule has 0 unspecified atom stereocenters. The third kappa shape index (κ3) is 3.10. The third-order valence-electron chi connectivity index (χ3n) is 0.741. The maximum atomic E-state index is 6.93. The van der Waals surface area contributed by atoms with Gasteiger partial charge < -0.3 is 4.98 Å². The first-order valence-corrected chi connectivity index (χ1v) is 2.52. The number of thiol groups is 1.